The Balaban J connectivity index is -0.000000124. The summed E-state index contributed by atoms with van der Waals surface area (Å²) in [7, 11) is 7.17. The van der Waals surface area contributed by atoms with Crippen molar-refractivity contribution in [2.45, 2.75) is 73.9 Å². The quantitative estimate of drug-likeness (QED) is 0.0837. The average Bonchev–Trinajstić information content (AvgIpc) is 3.54. The van der Waals surface area contributed by atoms with Crippen LogP contribution >= 0.6 is 89.2 Å². The van der Waals surface area contributed by atoms with E-state index in [-0.39, 0.29) is 109 Å². The molecular formula is C25H52B3I3N5O6P3. The Bertz CT molecular complexity index is 844. The molecule has 3 unspecified atom stereocenters. The van der Waals surface area contributed by atoms with Crippen LogP contribution in [-0.4, -0.2) is 121 Å². The van der Waals surface area contributed by atoms with E-state index in [0.29, 0.717) is 25.9 Å². The zero-order chi connectivity index (χ0) is 32.0. The molecule has 3 fully saturated rings. The standard InChI is InChI=1S/C12H15N3O4.C6H10N2O2.CH3BIP.2CH4BIP.4CH4/c1-13-12(8(16)2-3-9(12)17)14-6-7-15-10(18)4-5-11(15)19;7-3-4-8-5(9)1-2-6(8)10;1-4(2)3;2*1-4-2-3;;;;/h14H,1-7H2;1-4,7H2;1H3;2*4H,1H3;4*1H4. The maximum atomic E-state index is 11.7. The molecule has 0 aromatic carbocycles. The van der Waals surface area contributed by atoms with Gasteiger partial charge in [0.15, 0.2) is 11.6 Å². The second-order valence-corrected chi connectivity index (χ2v) is 19.1. The predicted molar refractivity (Wildman–Crippen MR) is 228 cm³/mol. The highest BCUT2D eigenvalue weighted by molar-refractivity contribution is 14.2. The molecule has 0 bridgehead atoms. The Morgan fingerprint density at radius 2 is 1.13 bits per heavy atom. The van der Waals surface area contributed by atoms with Gasteiger partial charge in [0, 0.05) is 64.7 Å². The van der Waals surface area contributed by atoms with Crippen molar-refractivity contribution in [3.63, 3.8) is 0 Å². The zero-order valence-corrected chi connectivity index (χ0v) is 32.8. The van der Waals surface area contributed by atoms with Gasteiger partial charge < -0.3 is 5.73 Å². The molecule has 2 aliphatic heterocycles. The van der Waals surface area contributed by atoms with E-state index in [0.717, 1.165) is 21.8 Å². The summed E-state index contributed by atoms with van der Waals surface area (Å²) in [5.41, 5.74) is 3.46. The topological polar surface area (TPSA) is 159 Å². The number of hydrogen-bond donors (Lipinski definition) is 2. The largest absolute Gasteiger partial charge is 0.329 e. The fourth-order valence-corrected chi connectivity index (χ4v) is 3.40. The molecule has 4 amide bonds. The van der Waals surface area contributed by atoms with Crippen molar-refractivity contribution >= 4 is 148 Å². The number of ketones is 2. The van der Waals surface area contributed by atoms with Gasteiger partial charge in [-0.3, -0.25) is 48.9 Å². The fraction of sp³-hybridized carbons (Fsp3) is 0.720. The highest BCUT2D eigenvalue weighted by Crippen LogP contribution is 2.32. The van der Waals surface area contributed by atoms with Crippen molar-refractivity contribution in [3.8, 4) is 0 Å². The van der Waals surface area contributed by atoms with Crippen molar-refractivity contribution in [3.05, 3.63) is 0 Å². The van der Waals surface area contributed by atoms with Crippen LogP contribution in [0.5, 0.6) is 0 Å². The van der Waals surface area contributed by atoms with Gasteiger partial charge in [0.25, 0.3) is 0 Å². The van der Waals surface area contributed by atoms with Gasteiger partial charge in [-0.05, 0) is 13.4 Å². The number of rotatable bonds is 9. The number of carbonyl (C=O) groups excluding carboxylic acids is 6. The number of Topliss-reactive ketones (excluding diaryl/α,β-unsaturated/α-hetero) is 2. The summed E-state index contributed by atoms with van der Waals surface area (Å²) in [6, 6.07) is 0. The number of aliphatic imine (C=N–C) groups is 1. The minimum atomic E-state index is -1.58. The van der Waals surface area contributed by atoms with Crippen LogP contribution in [0.4, 0.5) is 0 Å². The molecule has 0 aromatic rings. The number of nitrogens with one attached hydrogen (secondary N) is 1. The first-order chi connectivity index (χ1) is 19.3. The third kappa shape index (κ3) is 23.8. The van der Waals surface area contributed by atoms with Crippen LogP contribution in [0.2, 0.25) is 0 Å². The van der Waals surface area contributed by atoms with E-state index in [1.165, 1.54) is 4.90 Å². The first-order valence-corrected chi connectivity index (χ1v) is 22.6. The highest BCUT2D eigenvalue weighted by Gasteiger charge is 2.48. The normalized spacial score (nSPS) is 16.7. The Hall–Kier alpha value is 0.885. The summed E-state index contributed by atoms with van der Waals surface area (Å²) in [5.74, 6) is -1.25. The maximum absolute atomic E-state index is 11.7. The maximum Gasteiger partial charge on any atom is 0.229 e. The second kappa shape index (κ2) is 34.7. The van der Waals surface area contributed by atoms with Crippen LogP contribution < -0.4 is 11.1 Å². The Morgan fingerprint density at radius 3 is 1.38 bits per heavy atom. The molecule has 4 radical (unpaired) electrons. The number of nitrogens with two attached hydrogens (primary N) is 1. The predicted octanol–water partition coefficient (Wildman–Crippen LogP) is 4.75. The number of nitrogens with zero attached hydrogens (tertiary/aromatic N) is 3. The summed E-state index contributed by atoms with van der Waals surface area (Å²) in [4.78, 5) is 78.1. The summed E-state index contributed by atoms with van der Waals surface area (Å²) >= 11 is 6.66. The number of imide groups is 2. The zero-order valence-electron chi connectivity index (χ0n) is 23.5. The number of carbonyl (C=O) groups is 6. The van der Waals surface area contributed by atoms with Gasteiger partial charge in [-0.1, -0.05) is 70.5 Å². The highest BCUT2D eigenvalue weighted by atomic mass is 127. The molecule has 20 heteroatoms. The van der Waals surface area contributed by atoms with E-state index in [4.69, 9.17) is 13.3 Å². The lowest BCUT2D eigenvalue weighted by atomic mass is 10.1. The summed E-state index contributed by atoms with van der Waals surface area (Å²) < 4.78 is 0. The molecule has 0 aromatic heterocycles. The monoisotopic (exact) mass is 1030 g/mol. The molecule has 2 saturated heterocycles. The van der Waals surface area contributed by atoms with Crippen molar-refractivity contribution < 1.29 is 28.8 Å². The number of halogens is 3. The number of likely N-dealkylation sites (tertiary alicyclic amines) is 2. The van der Waals surface area contributed by atoms with Crippen molar-refractivity contribution in [2.24, 2.45) is 10.7 Å². The minimum Gasteiger partial charge on any atom is -0.329 e. The first kappa shape index (κ1) is 58.1. The molecular weight excluding hydrogens is 972 g/mol. The van der Waals surface area contributed by atoms with Crippen LogP contribution in [0.15, 0.2) is 4.99 Å². The van der Waals surface area contributed by atoms with Crippen molar-refractivity contribution in [1.82, 2.24) is 15.1 Å². The van der Waals surface area contributed by atoms with Crippen LogP contribution in [0, 0.1) is 0 Å². The van der Waals surface area contributed by atoms with E-state index >= 15 is 0 Å². The Kier molecular flexibility index (Phi) is 44.9. The molecule has 45 heavy (non-hydrogen) atoms. The lowest BCUT2D eigenvalue weighted by Crippen LogP contribution is -2.54. The SMILES string of the molecule is C.C.C.C.C=NC1(NCCN2C(=O)CCC2=O)C(=O)CCC1=O.CP[B]I.CP[B]I.NCCN1C(=O)CCC1=O.[B]P(C)I. The van der Waals surface area contributed by atoms with Crippen molar-refractivity contribution in [2.75, 3.05) is 46.2 Å². The summed E-state index contributed by atoms with van der Waals surface area (Å²) in [6.45, 7) is 10.6. The first-order valence-electron chi connectivity index (χ1n) is 12.3. The molecule has 0 spiro atoms. The van der Waals surface area contributed by atoms with E-state index in [1.54, 1.807) is 0 Å². The molecule has 1 saturated carbocycles. The van der Waals surface area contributed by atoms with Gasteiger partial charge >= 0.3 is 0 Å². The van der Waals surface area contributed by atoms with Crippen LogP contribution in [0.1, 0.15) is 68.2 Å². The van der Waals surface area contributed by atoms with Gasteiger partial charge in [0.2, 0.25) is 39.0 Å². The Morgan fingerprint density at radius 1 is 0.844 bits per heavy atom. The van der Waals surface area contributed by atoms with E-state index < -0.39 is 5.66 Å². The van der Waals surface area contributed by atoms with Gasteiger partial charge in [0.05, 0.1) is 0 Å². The van der Waals surface area contributed by atoms with Gasteiger partial charge in [-0.25, -0.2) is 0 Å². The molecule has 11 nitrogen and oxygen atoms in total. The number of hydrogen-bond acceptors (Lipinski definition) is 9. The Labute approximate surface area is 320 Å². The molecule has 1 aliphatic carbocycles. The van der Waals surface area contributed by atoms with Crippen LogP contribution in [0.25, 0.3) is 0 Å². The summed E-state index contributed by atoms with van der Waals surface area (Å²) in [6.07, 6.45) is 1.46. The van der Waals surface area contributed by atoms with Crippen LogP contribution in [0.3, 0.4) is 0 Å². The number of amides is 4. The third-order valence-electron chi connectivity index (χ3n) is 5.22. The molecule has 3 N–H and O–H groups in total. The third-order valence-corrected chi connectivity index (χ3v) is 9.39. The average molecular weight is 1020 g/mol. The van der Waals surface area contributed by atoms with Gasteiger partial charge in [-0.2, -0.15) is 61.7 Å². The van der Waals surface area contributed by atoms with Crippen LogP contribution in [-0.2, 0) is 28.8 Å². The smallest absolute Gasteiger partial charge is 0.229 e. The molecule has 3 rings (SSSR count). The lowest BCUT2D eigenvalue weighted by Gasteiger charge is -2.23. The van der Waals surface area contributed by atoms with Gasteiger partial charge in [-0.15, -0.1) is 0 Å². The van der Waals surface area contributed by atoms with E-state index in [9.17, 15) is 28.8 Å². The summed E-state index contributed by atoms with van der Waals surface area (Å²) in [5, 5.41) is 2.74. The fourth-order valence-electron chi connectivity index (χ4n) is 3.40. The molecule has 3 aliphatic rings. The van der Waals surface area contributed by atoms with E-state index in [1.807, 2.05) is 6.66 Å². The lowest BCUT2D eigenvalue weighted by molar-refractivity contribution is -0.139. The molecule has 2 heterocycles. The molecule has 258 valence electrons. The van der Waals surface area contributed by atoms with Gasteiger partial charge in [0.1, 0.15) is 7.57 Å². The van der Waals surface area contributed by atoms with Crippen molar-refractivity contribution in [1.29, 1.82) is 0 Å². The van der Waals surface area contributed by atoms with E-state index in [2.05, 4.69) is 107 Å². The minimum absolute atomic E-state index is 0. The molecule has 3 atom stereocenters. The second-order valence-electron chi connectivity index (χ2n) is 8.13.